The van der Waals surface area contributed by atoms with E-state index in [0.29, 0.717) is 35.9 Å². The maximum Gasteiger partial charge on any atom is 0.134 e. The van der Waals surface area contributed by atoms with Gasteiger partial charge in [0.05, 0.1) is 11.9 Å². The molecule has 0 aliphatic rings. The van der Waals surface area contributed by atoms with Crippen molar-refractivity contribution < 1.29 is 4.39 Å². The third-order valence-corrected chi connectivity index (χ3v) is 3.05. The summed E-state index contributed by atoms with van der Waals surface area (Å²) in [6.07, 6.45) is 1.70. The van der Waals surface area contributed by atoms with Crippen LogP contribution in [0.5, 0.6) is 0 Å². The van der Waals surface area contributed by atoms with E-state index in [9.17, 15) is 4.39 Å². The van der Waals surface area contributed by atoms with Crippen LogP contribution in [0.3, 0.4) is 0 Å². The minimum absolute atomic E-state index is 0.202. The van der Waals surface area contributed by atoms with Crippen LogP contribution in [0.2, 0.25) is 0 Å². The summed E-state index contributed by atoms with van der Waals surface area (Å²) in [5.74, 6) is 0.380. The molecule has 2 rings (SSSR count). The zero-order chi connectivity index (χ0) is 15.5. The van der Waals surface area contributed by atoms with E-state index in [1.165, 1.54) is 6.07 Å². The Labute approximate surface area is 124 Å². The lowest BCUT2D eigenvalue weighted by Crippen LogP contribution is -2.19. The van der Waals surface area contributed by atoms with Crippen LogP contribution < -0.4 is 11.1 Å². The Balaban J connectivity index is 2.56. The third kappa shape index (κ3) is 3.55. The van der Waals surface area contributed by atoms with Gasteiger partial charge < -0.3 is 11.1 Å². The lowest BCUT2D eigenvalue weighted by molar-refractivity contribution is 0.545. The van der Waals surface area contributed by atoms with Crippen molar-refractivity contribution in [3.63, 3.8) is 0 Å². The highest BCUT2D eigenvalue weighted by molar-refractivity contribution is 5.74. The highest BCUT2D eigenvalue weighted by atomic mass is 19.1. The molecule has 0 fully saturated rings. The van der Waals surface area contributed by atoms with Crippen molar-refractivity contribution >= 4 is 5.69 Å². The number of nitrogens with two attached hydrogens (primary N) is 1. The molecule has 21 heavy (non-hydrogen) atoms. The lowest BCUT2D eigenvalue weighted by Gasteiger charge is -2.19. The molecule has 2 aromatic rings. The molecule has 0 saturated heterocycles. The molecule has 0 atom stereocenters. The summed E-state index contributed by atoms with van der Waals surface area (Å²) in [5.41, 5.74) is 7.04. The number of benzene rings is 1. The molecular weight excluding hydrogens is 267 g/mol. The maximum absolute atomic E-state index is 14.1. The van der Waals surface area contributed by atoms with Crippen molar-refractivity contribution in [2.24, 2.45) is 5.73 Å². The molecule has 0 aliphatic carbocycles. The van der Waals surface area contributed by atoms with E-state index < -0.39 is 0 Å². The first kappa shape index (κ1) is 15.4. The normalized spacial score (nSPS) is 11.5. The molecule has 0 radical (unpaired) electrons. The molecule has 0 amide bonds. The molecule has 1 heterocycles. The Morgan fingerprint density at radius 3 is 2.57 bits per heavy atom. The molecule has 0 bridgehead atoms. The number of rotatable bonds is 4. The molecule has 3 N–H and O–H groups in total. The van der Waals surface area contributed by atoms with Gasteiger partial charge in [-0.25, -0.2) is 14.4 Å². The van der Waals surface area contributed by atoms with Crippen molar-refractivity contribution in [3.8, 4) is 11.3 Å². The topological polar surface area (TPSA) is 63.8 Å². The molecule has 0 aliphatic heterocycles. The maximum atomic E-state index is 14.1. The molecule has 4 nitrogen and oxygen atoms in total. The van der Waals surface area contributed by atoms with E-state index >= 15 is 0 Å². The van der Waals surface area contributed by atoms with E-state index in [0.717, 1.165) is 0 Å². The first-order chi connectivity index (χ1) is 9.93. The molecule has 1 aromatic heterocycles. The monoisotopic (exact) mass is 288 g/mol. The zero-order valence-electron chi connectivity index (χ0n) is 12.7. The average Bonchev–Trinajstić information content (AvgIpc) is 2.44. The average molecular weight is 288 g/mol. The van der Waals surface area contributed by atoms with Crippen molar-refractivity contribution in [3.05, 3.63) is 42.1 Å². The van der Waals surface area contributed by atoms with E-state index in [1.807, 2.05) is 20.8 Å². The van der Waals surface area contributed by atoms with Gasteiger partial charge in [-0.2, -0.15) is 0 Å². The molecule has 0 saturated carbocycles. The van der Waals surface area contributed by atoms with Crippen molar-refractivity contribution in [2.75, 3.05) is 18.4 Å². The second-order valence-electron chi connectivity index (χ2n) is 5.90. The molecule has 0 unspecified atom stereocenters. The van der Waals surface area contributed by atoms with Crippen molar-refractivity contribution in [2.45, 2.75) is 26.2 Å². The Kier molecular flexibility index (Phi) is 4.53. The molecule has 1 aromatic carbocycles. The second kappa shape index (κ2) is 6.18. The highest BCUT2D eigenvalue weighted by Gasteiger charge is 2.20. The predicted molar refractivity (Wildman–Crippen MR) is 83.7 cm³/mol. The van der Waals surface area contributed by atoms with Crippen LogP contribution in [0.1, 0.15) is 26.6 Å². The molecule has 112 valence electrons. The van der Waals surface area contributed by atoms with Gasteiger partial charge in [0.15, 0.2) is 0 Å². The van der Waals surface area contributed by atoms with Gasteiger partial charge in [-0.05, 0) is 12.1 Å². The van der Waals surface area contributed by atoms with Gasteiger partial charge in [-0.15, -0.1) is 0 Å². The molecule has 5 heteroatoms. The van der Waals surface area contributed by atoms with Crippen LogP contribution in [0.25, 0.3) is 11.3 Å². The van der Waals surface area contributed by atoms with Crippen LogP contribution >= 0.6 is 0 Å². The zero-order valence-corrected chi connectivity index (χ0v) is 12.7. The SMILES string of the molecule is CC(C)(C)c1ncc(NCCN)c(-c2ccccc2F)n1. The smallest absolute Gasteiger partial charge is 0.134 e. The van der Waals surface area contributed by atoms with Crippen LogP contribution in [-0.2, 0) is 5.41 Å². The van der Waals surface area contributed by atoms with Crippen molar-refractivity contribution in [1.82, 2.24) is 9.97 Å². The van der Waals surface area contributed by atoms with Crippen LogP contribution in [0.15, 0.2) is 30.5 Å². The largest absolute Gasteiger partial charge is 0.381 e. The fourth-order valence-corrected chi connectivity index (χ4v) is 1.94. The summed E-state index contributed by atoms with van der Waals surface area (Å²) >= 11 is 0. The Bertz CT molecular complexity index is 620. The molecular formula is C16H21FN4. The van der Waals surface area contributed by atoms with Gasteiger partial charge >= 0.3 is 0 Å². The fraction of sp³-hybridized carbons (Fsp3) is 0.375. The number of aromatic nitrogens is 2. The summed E-state index contributed by atoms with van der Waals surface area (Å²) < 4.78 is 14.1. The van der Waals surface area contributed by atoms with Crippen molar-refractivity contribution in [1.29, 1.82) is 0 Å². The molecule has 0 spiro atoms. The van der Waals surface area contributed by atoms with E-state index in [4.69, 9.17) is 5.73 Å². The number of anilines is 1. The van der Waals surface area contributed by atoms with Crippen LogP contribution in [-0.4, -0.2) is 23.1 Å². The fourth-order valence-electron chi connectivity index (χ4n) is 1.94. The number of hydrogen-bond acceptors (Lipinski definition) is 4. The second-order valence-corrected chi connectivity index (χ2v) is 5.90. The Morgan fingerprint density at radius 1 is 1.24 bits per heavy atom. The predicted octanol–water partition coefficient (Wildman–Crippen LogP) is 2.95. The quantitative estimate of drug-likeness (QED) is 0.908. The van der Waals surface area contributed by atoms with Gasteiger partial charge in [0.25, 0.3) is 0 Å². The Morgan fingerprint density at radius 2 is 1.95 bits per heavy atom. The first-order valence-corrected chi connectivity index (χ1v) is 7.00. The number of hydrogen-bond donors (Lipinski definition) is 2. The van der Waals surface area contributed by atoms with E-state index in [-0.39, 0.29) is 11.2 Å². The minimum Gasteiger partial charge on any atom is -0.381 e. The van der Waals surface area contributed by atoms with Gasteiger partial charge in [0.2, 0.25) is 0 Å². The number of nitrogens with zero attached hydrogens (tertiary/aromatic N) is 2. The van der Waals surface area contributed by atoms with E-state index in [1.54, 1.807) is 24.4 Å². The third-order valence-electron chi connectivity index (χ3n) is 3.05. The standard InChI is InChI=1S/C16H21FN4/c1-16(2,3)15-20-10-13(19-9-8-18)14(21-15)11-6-4-5-7-12(11)17/h4-7,10,19H,8-9,18H2,1-3H3. The summed E-state index contributed by atoms with van der Waals surface area (Å²) in [4.78, 5) is 8.96. The summed E-state index contributed by atoms with van der Waals surface area (Å²) in [6, 6.07) is 6.61. The summed E-state index contributed by atoms with van der Waals surface area (Å²) in [5, 5.41) is 3.15. The lowest BCUT2D eigenvalue weighted by atomic mass is 9.95. The van der Waals surface area contributed by atoms with Crippen LogP contribution in [0, 0.1) is 5.82 Å². The summed E-state index contributed by atoms with van der Waals surface area (Å²) in [7, 11) is 0. The minimum atomic E-state index is -0.299. The van der Waals surface area contributed by atoms with Crippen LogP contribution in [0.4, 0.5) is 10.1 Å². The Hall–Kier alpha value is -2.01. The highest BCUT2D eigenvalue weighted by Crippen LogP contribution is 2.30. The van der Waals surface area contributed by atoms with Gasteiger partial charge in [0.1, 0.15) is 17.3 Å². The van der Waals surface area contributed by atoms with Gasteiger partial charge in [-0.1, -0.05) is 32.9 Å². The number of nitrogens with one attached hydrogen (secondary N) is 1. The van der Waals surface area contributed by atoms with E-state index in [2.05, 4.69) is 15.3 Å². The first-order valence-electron chi connectivity index (χ1n) is 7.00. The number of halogens is 1. The summed E-state index contributed by atoms with van der Waals surface area (Å²) in [6.45, 7) is 7.15. The van der Waals surface area contributed by atoms with Gasteiger partial charge in [-0.3, -0.25) is 0 Å². The van der Waals surface area contributed by atoms with Gasteiger partial charge in [0, 0.05) is 24.1 Å².